The molecule has 15 heteroatoms. The van der Waals surface area contributed by atoms with Gasteiger partial charge in [-0.15, -0.1) is 5.06 Å². The van der Waals surface area contributed by atoms with Crippen molar-refractivity contribution in [3.8, 4) is 0 Å². The third-order valence-corrected chi connectivity index (χ3v) is 6.27. The predicted octanol–water partition coefficient (Wildman–Crippen LogP) is 1.44. The number of amides is 2. The van der Waals surface area contributed by atoms with Crippen molar-refractivity contribution in [2.75, 3.05) is 106 Å². The van der Waals surface area contributed by atoms with Crippen LogP contribution >= 0.6 is 0 Å². The van der Waals surface area contributed by atoms with Crippen molar-refractivity contribution in [2.24, 2.45) is 10.4 Å². The quantitative estimate of drug-likeness (QED) is 0.0354. The van der Waals surface area contributed by atoms with Crippen LogP contribution in [0.15, 0.2) is 4.99 Å². The van der Waals surface area contributed by atoms with Gasteiger partial charge >= 0.3 is 5.97 Å². The number of hydrogen-bond acceptors (Lipinski definition) is 14. The van der Waals surface area contributed by atoms with Crippen molar-refractivity contribution in [3.63, 3.8) is 0 Å². The van der Waals surface area contributed by atoms with Gasteiger partial charge in [-0.2, -0.15) is 0 Å². The van der Waals surface area contributed by atoms with E-state index >= 15 is 0 Å². The fourth-order valence-corrected chi connectivity index (χ4v) is 3.89. The molecule has 1 heterocycles. The molecule has 1 rings (SSSR count). The first-order chi connectivity index (χ1) is 22.0. The molecule has 0 radical (unpaired) electrons. The highest BCUT2D eigenvalue weighted by atomic mass is 16.7. The van der Waals surface area contributed by atoms with Crippen LogP contribution in [0.5, 0.6) is 0 Å². The minimum Gasteiger partial charge on any atom is -0.484 e. The number of nitrogens with zero attached hydrogens (tertiary/aromatic N) is 2. The molecule has 0 bridgehead atoms. The predicted molar refractivity (Wildman–Crippen MR) is 165 cm³/mol. The summed E-state index contributed by atoms with van der Waals surface area (Å²) in [6.45, 7) is 13.3. The third kappa shape index (κ3) is 21.2. The van der Waals surface area contributed by atoms with Crippen LogP contribution in [0.3, 0.4) is 0 Å². The summed E-state index contributed by atoms with van der Waals surface area (Å²) in [5.41, 5.74) is -0.656. The van der Waals surface area contributed by atoms with Crippen molar-refractivity contribution in [1.82, 2.24) is 15.7 Å². The van der Waals surface area contributed by atoms with Crippen LogP contribution in [0.4, 0.5) is 0 Å². The number of ether oxygens (including phenoxy) is 7. The molecule has 0 atom stereocenters. The Morgan fingerprint density at radius 2 is 1.27 bits per heavy atom. The van der Waals surface area contributed by atoms with Crippen molar-refractivity contribution in [2.45, 2.75) is 59.3 Å². The van der Waals surface area contributed by atoms with Crippen LogP contribution in [0.2, 0.25) is 0 Å². The van der Waals surface area contributed by atoms with E-state index in [9.17, 15) is 14.4 Å². The number of imide groups is 1. The fourth-order valence-electron chi connectivity index (χ4n) is 3.89. The van der Waals surface area contributed by atoms with Crippen LogP contribution < -0.4 is 10.6 Å². The zero-order chi connectivity index (χ0) is 32.9. The summed E-state index contributed by atoms with van der Waals surface area (Å²) in [7, 11) is 0. The number of hydroxylamine groups is 2. The van der Waals surface area contributed by atoms with E-state index in [2.05, 4.69) is 15.6 Å². The Morgan fingerprint density at radius 1 is 0.756 bits per heavy atom. The van der Waals surface area contributed by atoms with Gasteiger partial charge in [0, 0.05) is 52.4 Å². The zero-order valence-electron chi connectivity index (χ0n) is 27.5. The molecule has 0 aromatic heterocycles. The van der Waals surface area contributed by atoms with Crippen molar-refractivity contribution < 1.29 is 52.4 Å². The smallest absolute Gasteiger partial charge is 0.335 e. The molecule has 0 spiro atoms. The maximum atomic E-state index is 12.3. The van der Waals surface area contributed by atoms with E-state index in [1.54, 1.807) is 0 Å². The highest BCUT2D eigenvalue weighted by Gasteiger charge is 2.34. The highest BCUT2D eigenvalue weighted by Crippen LogP contribution is 2.22. The van der Waals surface area contributed by atoms with E-state index < -0.39 is 23.2 Å². The summed E-state index contributed by atoms with van der Waals surface area (Å²) < 4.78 is 39.9. The van der Waals surface area contributed by atoms with Crippen molar-refractivity contribution in [1.29, 1.82) is 0 Å². The van der Waals surface area contributed by atoms with E-state index in [1.165, 1.54) is 6.40 Å². The summed E-state index contributed by atoms with van der Waals surface area (Å²) in [6.07, 6.45) is 3.67. The Morgan fingerprint density at radius 3 is 1.78 bits per heavy atom. The second-order valence-corrected chi connectivity index (χ2v) is 10.3. The largest absolute Gasteiger partial charge is 0.484 e. The third-order valence-electron chi connectivity index (χ3n) is 6.27. The van der Waals surface area contributed by atoms with E-state index in [1.807, 2.05) is 20.8 Å². The summed E-state index contributed by atoms with van der Waals surface area (Å²) in [5.74, 6) is -1.77. The molecule has 0 saturated carbocycles. The molecule has 1 aliphatic heterocycles. The minimum atomic E-state index is -0.723. The summed E-state index contributed by atoms with van der Waals surface area (Å²) in [5, 5.41) is 6.93. The molecule has 1 saturated heterocycles. The maximum absolute atomic E-state index is 12.3. The van der Waals surface area contributed by atoms with Gasteiger partial charge in [-0.25, -0.2) is 4.79 Å². The number of hydrogen-bond donors (Lipinski definition) is 2. The topological polar surface area (TPSA) is 165 Å². The van der Waals surface area contributed by atoms with Crippen LogP contribution in [0.1, 0.15) is 59.3 Å². The molecule has 1 aliphatic rings. The van der Waals surface area contributed by atoms with E-state index in [4.69, 9.17) is 38.0 Å². The Labute approximate surface area is 267 Å². The summed E-state index contributed by atoms with van der Waals surface area (Å²) >= 11 is 0. The Balaban J connectivity index is 2.71. The highest BCUT2D eigenvalue weighted by molar-refractivity contribution is 6.01. The monoisotopic (exact) mass is 648 g/mol. The Hall–Kier alpha value is -2.24. The Kier molecular flexibility index (Phi) is 25.4. The van der Waals surface area contributed by atoms with E-state index in [0.717, 1.165) is 25.9 Å². The maximum Gasteiger partial charge on any atom is 0.335 e. The lowest BCUT2D eigenvalue weighted by molar-refractivity contribution is -0.198. The second kappa shape index (κ2) is 28.0. The average molecular weight is 649 g/mol. The number of nitrogens with one attached hydrogen (secondary N) is 2. The number of aliphatic imine (C=N–C) groups is 1. The SMILES string of the molecule is CCO/C=N/CCCOCC(COCCCNCOCC)(COCCCNCOCC)COCCC(=O)ON1C(=O)CCC1=O. The van der Waals surface area contributed by atoms with Gasteiger partial charge in [0.2, 0.25) is 0 Å². The molecular weight excluding hydrogens is 592 g/mol. The number of rotatable bonds is 32. The lowest BCUT2D eigenvalue weighted by atomic mass is 9.92. The molecule has 1 fully saturated rings. The van der Waals surface area contributed by atoms with Gasteiger partial charge in [0.15, 0.2) is 6.40 Å². The van der Waals surface area contributed by atoms with Crippen LogP contribution in [0, 0.1) is 5.41 Å². The van der Waals surface area contributed by atoms with Crippen LogP contribution in [-0.4, -0.2) is 135 Å². The number of carbonyl (C=O) groups is 3. The minimum absolute atomic E-state index is 0.0195. The molecule has 0 aliphatic carbocycles. The molecule has 0 aromatic carbocycles. The second-order valence-electron chi connectivity index (χ2n) is 10.3. The molecule has 0 unspecified atom stereocenters. The van der Waals surface area contributed by atoms with E-state index in [-0.39, 0.29) is 32.5 Å². The van der Waals surface area contributed by atoms with Gasteiger partial charge in [-0.3, -0.25) is 25.2 Å². The van der Waals surface area contributed by atoms with Gasteiger partial charge in [0.1, 0.15) is 0 Å². The standard InChI is InChI=1S/C30H56N4O11/c1-4-38-24-31-13-7-16-41-20-30(21-42-17-8-14-32-25-39-5-2,22-43-18-9-15-33-26-40-6-3)23-44-19-12-29(37)45-34-27(35)10-11-28(34)36/h24,32-33H,4-23,25-26H2,1-3H3/b31-24+. The molecule has 262 valence electrons. The first-order valence-electron chi connectivity index (χ1n) is 16.0. The van der Waals surface area contributed by atoms with Gasteiger partial charge in [0.05, 0.1) is 64.9 Å². The first kappa shape index (κ1) is 40.8. The normalized spacial score (nSPS) is 13.8. The summed E-state index contributed by atoms with van der Waals surface area (Å²) in [6, 6.07) is 0. The van der Waals surface area contributed by atoms with Crippen LogP contribution in [0.25, 0.3) is 0 Å². The molecule has 45 heavy (non-hydrogen) atoms. The molecule has 2 N–H and O–H groups in total. The lowest BCUT2D eigenvalue weighted by Gasteiger charge is -2.33. The van der Waals surface area contributed by atoms with Gasteiger partial charge in [0.25, 0.3) is 11.8 Å². The average Bonchev–Trinajstić information content (AvgIpc) is 3.35. The van der Waals surface area contributed by atoms with Gasteiger partial charge in [-0.1, -0.05) is 0 Å². The van der Waals surface area contributed by atoms with Crippen molar-refractivity contribution >= 4 is 24.2 Å². The first-order valence-corrected chi connectivity index (χ1v) is 16.0. The molecular formula is C30H56N4O11. The van der Waals surface area contributed by atoms with E-state index in [0.29, 0.717) is 91.0 Å². The van der Waals surface area contributed by atoms with Gasteiger partial charge < -0.3 is 38.0 Å². The summed E-state index contributed by atoms with van der Waals surface area (Å²) in [4.78, 5) is 44.9. The molecule has 2 amide bonds. The number of carbonyl (C=O) groups excluding carboxylic acids is 3. The molecule has 0 aromatic rings. The zero-order valence-corrected chi connectivity index (χ0v) is 27.5. The molecule has 15 nitrogen and oxygen atoms in total. The van der Waals surface area contributed by atoms with Gasteiger partial charge in [-0.05, 0) is 53.1 Å². The Bertz CT molecular complexity index is 768. The van der Waals surface area contributed by atoms with Crippen LogP contribution in [-0.2, 0) is 52.4 Å². The lowest BCUT2D eigenvalue weighted by Crippen LogP contribution is -2.42. The van der Waals surface area contributed by atoms with Crippen molar-refractivity contribution in [3.05, 3.63) is 0 Å². The fraction of sp³-hybridized carbons (Fsp3) is 0.867.